The predicted octanol–water partition coefficient (Wildman–Crippen LogP) is 9.02. The lowest BCUT2D eigenvalue weighted by Crippen LogP contribution is -2.03. The van der Waals surface area contributed by atoms with Crippen molar-refractivity contribution >= 4 is 37.7 Å². The number of nitrogens with zero attached hydrogens (tertiary/aromatic N) is 2. The van der Waals surface area contributed by atoms with Crippen molar-refractivity contribution in [2.75, 3.05) is 0 Å². The monoisotopic (exact) mass is 524 g/mol. The van der Waals surface area contributed by atoms with E-state index >= 15 is 0 Å². The zero-order valence-corrected chi connectivity index (χ0v) is 20.1. The van der Waals surface area contributed by atoms with Gasteiger partial charge in [0, 0.05) is 41.3 Å². The number of hydrogen-bond donors (Lipinski definition) is 0. The Morgan fingerprint density at radius 1 is 0.771 bits per heavy atom. The lowest BCUT2D eigenvalue weighted by atomic mass is 9.97. The Kier molecular flexibility index (Phi) is 3.96. The number of pyridine rings is 1. The molecular weight excluding hydrogens is 496 g/mol. The molecule has 3 nitrogen and oxygen atoms in total. The van der Waals surface area contributed by atoms with Crippen LogP contribution in [0.25, 0.3) is 38.8 Å². The minimum atomic E-state index is -2.68. The molecule has 2 aromatic heterocycles. The molecule has 0 spiro atoms. The highest BCUT2D eigenvalue weighted by Crippen LogP contribution is 2.38. The van der Waals surface area contributed by atoms with Gasteiger partial charge in [0.1, 0.15) is 17.3 Å². The van der Waals surface area contributed by atoms with Gasteiger partial charge in [-0.05, 0) is 66.8 Å². The van der Waals surface area contributed by atoms with Gasteiger partial charge < -0.3 is 4.74 Å². The Labute approximate surface area is 221 Å². The van der Waals surface area contributed by atoms with Crippen LogP contribution in [0.15, 0.2) is 108 Å². The Bertz CT molecular complexity index is 1910. The van der Waals surface area contributed by atoms with Gasteiger partial charge in [0.25, 0.3) is 0 Å². The standard InChI is InChI=1S/C31H23BrN2O/c1-20-19-33-31(21(2)30(20)22-9-4-3-5-10-22)34-28-14-7-6-13-26(28)27-16-15-25(18-29(27)34)35-24-12-8-11-23(32)17-24/h3-19H,1-2H3/i1D3,2D3. The number of ether oxygens (including phenoxy) is 1. The largest absolute Gasteiger partial charge is 0.457 e. The van der Waals surface area contributed by atoms with Crippen molar-refractivity contribution in [3.63, 3.8) is 0 Å². The number of fused-ring (bicyclic) bond motifs is 3. The maximum Gasteiger partial charge on any atom is 0.141 e. The summed E-state index contributed by atoms with van der Waals surface area (Å²) < 4.78 is 59.2. The number of halogens is 1. The summed E-state index contributed by atoms with van der Waals surface area (Å²) in [7, 11) is 0. The summed E-state index contributed by atoms with van der Waals surface area (Å²) in [6.45, 7) is -5.26. The molecule has 35 heavy (non-hydrogen) atoms. The summed E-state index contributed by atoms with van der Waals surface area (Å²) >= 11 is 3.47. The van der Waals surface area contributed by atoms with Crippen molar-refractivity contribution in [3.8, 4) is 28.4 Å². The molecule has 0 fully saturated rings. The number of para-hydroxylation sites is 1. The van der Waals surface area contributed by atoms with E-state index in [9.17, 15) is 0 Å². The number of aryl methyl sites for hydroxylation is 1. The quantitative estimate of drug-likeness (QED) is 0.230. The van der Waals surface area contributed by atoms with E-state index in [0.717, 1.165) is 20.8 Å². The van der Waals surface area contributed by atoms with Crippen molar-refractivity contribution in [3.05, 3.63) is 119 Å². The van der Waals surface area contributed by atoms with E-state index in [0.29, 0.717) is 22.6 Å². The fourth-order valence-corrected chi connectivity index (χ4v) is 4.86. The molecule has 0 unspecified atom stereocenters. The zero-order valence-electron chi connectivity index (χ0n) is 24.5. The van der Waals surface area contributed by atoms with Crippen LogP contribution in [0.2, 0.25) is 0 Å². The molecule has 0 aliphatic rings. The van der Waals surface area contributed by atoms with Crippen LogP contribution in [0.4, 0.5) is 0 Å². The molecule has 0 bridgehead atoms. The maximum absolute atomic E-state index is 8.60. The normalized spacial score (nSPS) is 14.5. The topological polar surface area (TPSA) is 27.1 Å². The first-order valence-corrected chi connectivity index (χ1v) is 11.9. The van der Waals surface area contributed by atoms with Gasteiger partial charge in [-0.1, -0.05) is 70.5 Å². The van der Waals surface area contributed by atoms with Gasteiger partial charge in [0.15, 0.2) is 0 Å². The average molecular weight is 525 g/mol. The first-order valence-electron chi connectivity index (χ1n) is 14.1. The zero-order chi connectivity index (χ0) is 28.9. The minimum absolute atomic E-state index is 0.113. The van der Waals surface area contributed by atoms with Crippen LogP contribution in [0.5, 0.6) is 11.5 Å². The number of hydrogen-bond acceptors (Lipinski definition) is 2. The minimum Gasteiger partial charge on any atom is -0.457 e. The van der Waals surface area contributed by atoms with Crippen molar-refractivity contribution < 1.29 is 13.0 Å². The Morgan fingerprint density at radius 2 is 1.57 bits per heavy atom. The van der Waals surface area contributed by atoms with Gasteiger partial charge in [-0.2, -0.15) is 0 Å². The fraction of sp³-hybridized carbons (Fsp3) is 0.0645. The van der Waals surface area contributed by atoms with E-state index < -0.39 is 13.7 Å². The van der Waals surface area contributed by atoms with Gasteiger partial charge in [0.2, 0.25) is 0 Å². The lowest BCUT2D eigenvalue weighted by molar-refractivity contribution is 0.483. The summed E-state index contributed by atoms with van der Waals surface area (Å²) in [4.78, 5) is 4.56. The number of benzene rings is 4. The summed E-state index contributed by atoms with van der Waals surface area (Å²) in [5.74, 6) is 1.33. The van der Waals surface area contributed by atoms with E-state index in [1.807, 2.05) is 66.7 Å². The molecule has 0 aliphatic carbocycles. The summed E-state index contributed by atoms with van der Waals surface area (Å²) in [6.07, 6.45) is 1.28. The predicted molar refractivity (Wildman–Crippen MR) is 148 cm³/mol. The SMILES string of the molecule is [2H]C([2H])([2H])c1cnc(-n2c3ccccc3c3ccc(Oc4cccc(Br)c4)cc32)c(C([2H])([2H])[2H])c1-c1ccccc1. The molecule has 0 atom stereocenters. The van der Waals surface area contributed by atoms with E-state index in [1.54, 1.807) is 34.9 Å². The first kappa shape index (κ1) is 15.9. The summed E-state index contributed by atoms with van der Waals surface area (Å²) in [5, 5.41) is 1.78. The van der Waals surface area contributed by atoms with E-state index in [-0.39, 0.29) is 22.5 Å². The molecule has 0 saturated heterocycles. The van der Waals surface area contributed by atoms with Crippen molar-refractivity contribution in [1.82, 2.24) is 9.55 Å². The van der Waals surface area contributed by atoms with Crippen LogP contribution in [-0.2, 0) is 0 Å². The molecule has 0 aliphatic heterocycles. The Balaban J connectivity index is 1.70. The first-order chi connectivity index (χ1) is 19.5. The number of aromatic nitrogens is 2. The lowest BCUT2D eigenvalue weighted by Gasteiger charge is -2.16. The molecule has 170 valence electrons. The van der Waals surface area contributed by atoms with Crippen LogP contribution < -0.4 is 4.74 Å². The average Bonchev–Trinajstić information content (AvgIpc) is 3.25. The third-order valence-corrected chi connectivity index (χ3v) is 6.50. The third kappa shape index (κ3) is 3.80. The highest BCUT2D eigenvalue weighted by Gasteiger charge is 2.18. The van der Waals surface area contributed by atoms with Crippen LogP contribution in [0.3, 0.4) is 0 Å². The smallest absolute Gasteiger partial charge is 0.141 e. The molecule has 0 radical (unpaired) electrons. The van der Waals surface area contributed by atoms with Gasteiger partial charge in [-0.15, -0.1) is 0 Å². The molecule has 2 heterocycles. The van der Waals surface area contributed by atoms with Gasteiger partial charge in [-0.25, -0.2) is 4.98 Å². The van der Waals surface area contributed by atoms with Crippen molar-refractivity contribution in [2.45, 2.75) is 13.7 Å². The van der Waals surface area contributed by atoms with E-state index in [2.05, 4.69) is 20.9 Å². The Morgan fingerprint density at radius 3 is 2.40 bits per heavy atom. The second-order valence-electron chi connectivity index (χ2n) is 8.20. The van der Waals surface area contributed by atoms with Gasteiger partial charge >= 0.3 is 0 Å². The summed E-state index contributed by atoms with van der Waals surface area (Å²) in [5.41, 5.74) is 1.81. The van der Waals surface area contributed by atoms with Crippen LogP contribution in [0.1, 0.15) is 19.4 Å². The molecule has 0 saturated carbocycles. The summed E-state index contributed by atoms with van der Waals surface area (Å²) in [6, 6.07) is 29.5. The molecular formula is C31H23BrN2O. The van der Waals surface area contributed by atoms with Crippen molar-refractivity contribution in [1.29, 1.82) is 0 Å². The highest BCUT2D eigenvalue weighted by molar-refractivity contribution is 9.10. The molecule has 4 aromatic carbocycles. The van der Waals surface area contributed by atoms with E-state index in [1.165, 1.54) is 6.20 Å². The maximum atomic E-state index is 8.60. The van der Waals surface area contributed by atoms with Gasteiger partial charge in [0.05, 0.1) is 11.0 Å². The fourth-order valence-electron chi connectivity index (χ4n) is 4.48. The van der Waals surface area contributed by atoms with Crippen LogP contribution in [0, 0.1) is 13.7 Å². The van der Waals surface area contributed by atoms with E-state index in [4.69, 9.17) is 13.0 Å². The van der Waals surface area contributed by atoms with Gasteiger partial charge in [-0.3, -0.25) is 4.57 Å². The molecule has 0 N–H and O–H groups in total. The molecule has 4 heteroatoms. The van der Waals surface area contributed by atoms with Crippen molar-refractivity contribution in [2.24, 2.45) is 0 Å². The second-order valence-corrected chi connectivity index (χ2v) is 9.12. The molecule has 6 aromatic rings. The van der Waals surface area contributed by atoms with Crippen LogP contribution >= 0.6 is 15.9 Å². The highest BCUT2D eigenvalue weighted by atomic mass is 79.9. The van der Waals surface area contributed by atoms with Crippen LogP contribution in [-0.4, -0.2) is 9.55 Å². The second kappa shape index (κ2) is 8.71. The Hall–Kier alpha value is -3.89. The molecule has 6 rings (SSSR count). The molecule has 0 amide bonds. The number of rotatable bonds is 4. The third-order valence-electron chi connectivity index (χ3n) is 6.01.